The number of carbonyl (C=O) groups excluding carboxylic acids is 1. The zero-order valence-corrected chi connectivity index (χ0v) is 20.4. The number of hydrogen-bond donors (Lipinski definition) is 1. The SMILES string of the molecule is COc1cc(/C=N\NC(=O)c2ccc(Cl)cc2)cc(I)c1OCc1ccc(Br)cc1. The minimum absolute atomic E-state index is 0.320. The van der Waals surface area contributed by atoms with Crippen molar-refractivity contribution < 1.29 is 14.3 Å². The molecular formula is C22H17BrClIN2O3. The van der Waals surface area contributed by atoms with Crippen molar-refractivity contribution in [2.24, 2.45) is 5.10 Å². The van der Waals surface area contributed by atoms with Crippen LogP contribution in [-0.2, 0) is 6.61 Å². The van der Waals surface area contributed by atoms with Crippen molar-refractivity contribution in [1.82, 2.24) is 5.43 Å². The molecule has 8 heteroatoms. The third-order valence-corrected chi connectivity index (χ3v) is 5.62. The van der Waals surface area contributed by atoms with E-state index in [0.29, 0.717) is 28.7 Å². The lowest BCUT2D eigenvalue weighted by atomic mass is 10.2. The van der Waals surface area contributed by atoms with Crippen LogP contribution in [0.4, 0.5) is 0 Å². The molecule has 5 nitrogen and oxygen atoms in total. The summed E-state index contributed by atoms with van der Waals surface area (Å²) >= 11 is 11.4. The Morgan fingerprint density at radius 1 is 1.17 bits per heavy atom. The van der Waals surface area contributed by atoms with Gasteiger partial charge in [0.1, 0.15) is 6.61 Å². The lowest BCUT2D eigenvalue weighted by molar-refractivity contribution is 0.0955. The number of methoxy groups -OCH3 is 1. The molecule has 1 amide bonds. The van der Waals surface area contributed by atoms with E-state index in [1.165, 1.54) is 0 Å². The van der Waals surface area contributed by atoms with E-state index in [1.54, 1.807) is 43.7 Å². The van der Waals surface area contributed by atoms with Gasteiger partial charge in [-0.3, -0.25) is 4.79 Å². The number of halogens is 3. The number of hydrazone groups is 1. The van der Waals surface area contributed by atoms with Gasteiger partial charge in [-0.2, -0.15) is 5.10 Å². The second-order valence-electron chi connectivity index (χ2n) is 6.16. The molecule has 0 aliphatic carbocycles. The van der Waals surface area contributed by atoms with Crippen LogP contribution >= 0.6 is 50.1 Å². The van der Waals surface area contributed by atoms with Crippen LogP contribution in [0, 0.1) is 3.57 Å². The van der Waals surface area contributed by atoms with Gasteiger partial charge in [0, 0.05) is 15.1 Å². The minimum atomic E-state index is -0.320. The summed E-state index contributed by atoms with van der Waals surface area (Å²) < 4.78 is 13.3. The molecule has 0 unspecified atom stereocenters. The number of rotatable bonds is 7. The maximum absolute atomic E-state index is 12.1. The Kier molecular flexibility index (Phi) is 8.12. The van der Waals surface area contributed by atoms with Gasteiger partial charge in [-0.05, 0) is 82.2 Å². The predicted molar refractivity (Wildman–Crippen MR) is 131 cm³/mol. The van der Waals surface area contributed by atoms with Crippen molar-refractivity contribution >= 4 is 62.2 Å². The van der Waals surface area contributed by atoms with E-state index in [-0.39, 0.29) is 5.91 Å². The van der Waals surface area contributed by atoms with Crippen molar-refractivity contribution in [2.45, 2.75) is 6.61 Å². The lowest BCUT2D eigenvalue weighted by Crippen LogP contribution is -2.17. The van der Waals surface area contributed by atoms with Crippen LogP contribution in [0.5, 0.6) is 11.5 Å². The highest BCUT2D eigenvalue weighted by Crippen LogP contribution is 2.34. The highest BCUT2D eigenvalue weighted by molar-refractivity contribution is 14.1. The summed E-state index contributed by atoms with van der Waals surface area (Å²) in [4.78, 5) is 12.1. The summed E-state index contributed by atoms with van der Waals surface area (Å²) in [5.41, 5.74) is 4.79. The van der Waals surface area contributed by atoms with E-state index >= 15 is 0 Å². The van der Waals surface area contributed by atoms with Gasteiger partial charge in [0.05, 0.1) is 16.9 Å². The smallest absolute Gasteiger partial charge is 0.271 e. The van der Waals surface area contributed by atoms with Crippen LogP contribution in [0.3, 0.4) is 0 Å². The topological polar surface area (TPSA) is 59.9 Å². The van der Waals surface area contributed by atoms with Gasteiger partial charge in [-0.25, -0.2) is 5.43 Å². The van der Waals surface area contributed by atoms with Gasteiger partial charge in [0.15, 0.2) is 11.5 Å². The molecule has 3 aromatic carbocycles. The van der Waals surface area contributed by atoms with Gasteiger partial charge < -0.3 is 9.47 Å². The molecule has 0 radical (unpaired) electrons. The molecule has 1 N–H and O–H groups in total. The van der Waals surface area contributed by atoms with Crippen LogP contribution in [0.1, 0.15) is 21.5 Å². The van der Waals surface area contributed by atoms with Crippen LogP contribution in [-0.4, -0.2) is 19.2 Å². The first-order chi connectivity index (χ1) is 14.5. The van der Waals surface area contributed by atoms with Crippen molar-refractivity contribution in [1.29, 1.82) is 0 Å². The van der Waals surface area contributed by atoms with E-state index in [9.17, 15) is 4.79 Å². The molecule has 0 spiro atoms. The number of carbonyl (C=O) groups is 1. The number of nitrogens with zero attached hydrogens (tertiary/aromatic N) is 1. The zero-order chi connectivity index (χ0) is 21.5. The van der Waals surface area contributed by atoms with Crippen molar-refractivity contribution in [2.75, 3.05) is 7.11 Å². The normalized spacial score (nSPS) is 10.8. The first-order valence-electron chi connectivity index (χ1n) is 8.80. The molecule has 0 bridgehead atoms. The molecular weight excluding hydrogens is 583 g/mol. The van der Waals surface area contributed by atoms with Crippen molar-refractivity contribution in [3.63, 3.8) is 0 Å². The third kappa shape index (κ3) is 6.20. The molecule has 0 saturated heterocycles. The molecule has 3 rings (SSSR count). The fraction of sp³-hybridized carbons (Fsp3) is 0.0909. The highest BCUT2D eigenvalue weighted by atomic mass is 127. The van der Waals surface area contributed by atoms with Gasteiger partial charge in [0.25, 0.3) is 5.91 Å². The third-order valence-electron chi connectivity index (χ3n) is 4.03. The number of ether oxygens (including phenoxy) is 2. The fourth-order valence-corrected chi connectivity index (χ4v) is 3.69. The molecule has 0 aliphatic rings. The first-order valence-corrected chi connectivity index (χ1v) is 11.0. The maximum atomic E-state index is 12.1. The number of nitrogens with one attached hydrogen (secondary N) is 1. The van der Waals surface area contributed by atoms with Gasteiger partial charge in [-0.15, -0.1) is 0 Å². The standard InChI is InChI=1S/C22H17BrClIN2O3/c1-29-20-11-15(12-26-27-22(28)16-4-8-18(24)9-5-16)10-19(25)21(20)30-13-14-2-6-17(23)7-3-14/h2-12H,13H2,1H3,(H,27,28)/b26-12-. The van der Waals surface area contributed by atoms with Crippen LogP contribution < -0.4 is 14.9 Å². The van der Waals surface area contributed by atoms with E-state index < -0.39 is 0 Å². The second-order valence-corrected chi connectivity index (χ2v) is 8.67. The molecule has 0 aliphatic heterocycles. The van der Waals surface area contributed by atoms with E-state index in [0.717, 1.165) is 19.2 Å². The Labute approximate surface area is 201 Å². The largest absolute Gasteiger partial charge is 0.493 e. The molecule has 0 fully saturated rings. The van der Waals surface area contributed by atoms with Gasteiger partial charge in [0.2, 0.25) is 0 Å². The molecule has 3 aromatic rings. The summed E-state index contributed by atoms with van der Waals surface area (Å²) in [7, 11) is 1.58. The summed E-state index contributed by atoms with van der Waals surface area (Å²) in [6.07, 6.45) is 1.55. The van der Waals surface area contributed by atoms with Crippen molar-refractivity contribution in [3.05, 3.63) is 90.4 Å². The second kappa shape index (κ2) is 10.8. The monoisotopic (exact) mass is 598 g/mol. The van der Waals surface area contributed by atoms with Crippen molar-refractivity contribution in [3.8, 4) is 11.5 Å². The average Bonchev–Trinajstić information content (AvgIpc) is 2.74. The lowest BCUT2D eigenvalue weighted by Gasteiger charge is -2.13. The molecule has 0 saturated carbocycles. The Morgan fingerprint density at radius 3 is 2.53 bits per heavy atom. The number of hydrogen-bond acceptors (Lipinski definition) is 4. The number of benzene rings is 3. The van der Waals surface area contributed by atoms with E-state index in [1.807, 2.05) is 30.3 Å². The summed E-state index contributed by atoms with van der Waals surface area (Å²) in [6, 6.07) is 18.2. The Hall–Kier alpha value is -2.10. The quantitative estimate of drug-likeness (QED) is 0.204. The van der Waals surface area contributed by atoms with Crippen LogP contribution in [0.25, 0.3) is 0 Å². The fourth-order valence-electron chi connectivity index (χ4n) is 2.52. The van der Waals surface area contributed by atoms with Gasteiger partial charge >= 0.3 is 0 Å². The summed E-state index contributed by atoms with van der Waals surface area (Å²) in [5, 5.41) is 4.60. The van der Waals surface area contributed by atoms with E-state index in [4.69, 9.17) is 21.1 Å². The average molecular weight is 600 g/mol. The minimum Gasteiger partial charge on any atom is -0.493 e. The molecule has 0 heterocycles. The molecule has 30 heavy (non-hydrogen) atoms. The Morgan fingerprint density at radius 2 is 1.87 bits per heavy atom. The first kappa shape index (κ1) is 22.6. The zero-order valence-electron chi connectivity index (χ0n) is 15.9. The van der Waals surface area contributed by atoms with Gasteiger partial charge in [-0.1, -0.05) is 39.7 Å². The van der Waals surface area contributed by atoms with Crippen LogP contribution in [0.15, 0.2) is 70.2 Å². The highest BCUT2D eigenvalue weighted by Gasteiger charge is 2.12. The summed E-state index contributed by atoms with van der Waals surface area (Å²) in [6.45, 7) is 0.421. The molecule has 0 aromatic heterocycles. The summed E-state index contributed by atoms with van der Waals surface area (Å²) in [5.74, 6) is 0.923. The maximum Gasteiger partial charge on any atom is 0.271 e. The Bertz CT molecular complexity index is 1060. The Balaban J connectivity index is 1.68. The van der Waals surface area contributed by atoms with E-state index in [2.05, 4.69) is 49.0 Å². The van der Waals surface area contributed by atoms with Crippen LogP contribution in [0.2, 0.25) is 5.02 Å². The predicted octanol–water partition coefficient (Wildman–Crippen LogP) is 6.06. The number of amides is 1. The molecule has 154 valence electrons. The molecule has 0 atom stereocenters.